The van der Waals surface area contributed by atoms with Crippen LogP contribution in [0.15, 0.2) is 6.07 Å². The maximum absolute atomic E-state index is 12.4. The molecule has 2 aliphatic rings. The van der Waals surface area contributed by atoms with Crippen LogP contribution < -0.4 is 0 Å². The van der Waals surface area contributed by atoms with Crippen molar-refractivity contribution < 1.29 is 19.4 Å². The molecule has 0 unspecified atom stereocenters. The van der Waals surface area contributed by atoms with Crippen molar-refractivity contribution in [2.24, 2.45) is 0 Å². The van der Waals surface area contributed by atoms with E-state index >= 15 is 0 Å². The van der Waals surface area contributed by atoms with Crippen LogP contribution in [0.3, 0.4) is 0 Å². The largest absolute Gasteiger partial charge is 0.481 e. The van der Waals surface area contributed by atoms with E-state index < -0.39 is 12.0 Å². The van der Waals surface area contributed by atoms with Gasteiger partial charge in [0.1, 0.15) is 5.69 Å². The minimum absolute atomic E-state index is 0.106. The van der Waals surface area contributed by atoms with Crippen molar-refractivity contribution in [3.05, 3.63) is 17.5 Å². The van der Waals surface area contributed by atoms with E-state index in [0.717, 1.165) is 18.5 Å². The van der Waals surface area contributed by atoms with Crippen LogP contribution in [-0.4, -0.2) is 57.9 Å². The third-order valence-corrected chi connectivity index (χ3v) is 3.73. The van der Waals surface area contributed by atoms with Gasteiger partial charge in [-0.3, -0.25) is 14.7 Å². The predicted molar refractivity (Wildman–Crippen MR) is 68.5 cm³/mol. The van der Waals surface area contributed by atoms with Crippen LogP contribution in [0.4, 0.5) is 0 Å². The van der Waals surface area contributed by atoms with Crippen LogP contribution in [0.5, 0.6) is 0 Å². The Hall–Kier alpha value is -1.89. The summed E-state index contributed by atoms with van der Waals surface area (Å²) in [5.74, 6) is -0.648. The van der Waals surface area contributed by atoms with E-state index in [2.05, 4.69) is 10.2 Å². The number of aliphatic carboxylic acids is 1. The second kappa shape index (κ2) is 5.24. The van der Waals surface area contributed by atoms with Crippen molar-refractivity contribution in [1.82, 2.24) is 15.1 Å². The number of aromatic amines is 1. The van der Waals surface area contributed by atoms with Gasteiger partial charge >= 0.3 is 5.97 Å². The SMILES string of the molecule is O=C(O)C[C@@H]1COCCN1C(=O)c1cc(C2CC2)[nH]n1. The number of hydrogen-bond acceptors (Lipinski definition) is 4. The second-order valence-corrected chi connectivity index (χ2v) is 5.31. The van der Waals surface area contributed by atoms with Crippen molar-refractivity contribution in [3.63, 3.8) is 0 Å². The Labute approximate surface area is 115 Å². The Morgan fingerprint density at radius 2 is 2.30 bits per heavy atom. The minimum Gasteiger partial charge on any atom is -0.481 e. The summed E-state index contributed by atoms with van der Waals surface area (Å²) in [6.45, 7) is 1.10. The summed E-state index contributed by atoms with van der Waals surface area (Å²) in [4.78, 5) is 24.9. The molecule has 1 aromatic rings. The summed E-state index contributed by atoms with van der Waals surface area (Å²) in [5, 5.41) is 15.9. The molecule has 20 heavy (non-hydrogen) atoms. The molecule has 2 heterocycles. The van der Waals surface area contributed by atoms with Gasteiger partial charge in [-0.25, -0.2) is 0 Å². The Kier molecular flexibility index (Phi) is 3.43. The lowest BCUT2D eigenvalue weighted by atomic mass is 10.1. The Bertz CT molecular complexity index is 523. The fraction of sp³-hybridized carbons (Fsp3) is 0.615. The quantitative estimate of drug-likeness (QED) is 0.841. The highest BCUT2D eigenvalue weighted by Crippen LogP contribution is 2.39. The van der Waals surface area contributed by atoms with Gasteiger partial charge in [0.25, 0.3) is 5.91 Å². The van der Waals surface area contributed by atoms with Crippen molar-refractivity contribution in [2.75, 3.05) is 19.8 Å². The van der Waals surface area contributed by atoms with Crippen molar-refractivity contribution in [1.29, 1.82) is 0 Å². The third kappa shape index (κ3) is 2.67. The molecule has 1 saturated carbocycles. The molecule has 0 aromatic carbocycles. The number of amides is 1. The molecule has 0 spiro atoms. The molecular formula is C13H17N3O4. The zero-order chi connectivity index (χ0) is 14.1. The molecule has 7 nitrogen and oxygen atoms in total. The van der Waals surface area contributed by atoms with Gasteiger partial charge in [-0.05, 0) is 18.9 Å². The maximum Gasteiger partial charge on any atom is 0.305 e. The number of carbonyl (C=O) groups is 2. The molecule has 0 radical (unpaired) electrons. The minimum atomic E-state index is -0.931. The van der Waals surface area contributed by atoms with Gasteiger partial charge in [0.05, 0.1) is 25.7 Å². The monoisotopic (exact) mass is 279 g/mol. The average molecular weight is 279 g/mol. The molecule has 3 rings (SSSR count). The molecule has 1 amide bonds. The van der Waals surface area contributed by atoms with Crippen molar-refractivity contribution >= 4 is 11.9 Å². The topological polar surface area (TPSA) is 95.5 Å². The number of nitrogens with zero attached hydrogens (tertiary/aromatic N) is 2. The fourth-order valence-electron chi connectivity index (χ4n) is 2.49. The average Bonchev–Trinajstić information content (AvgIpc) is 3.16. The molecule has 1 aliphatic heterocycles. The molecular weight excluding hydrogens is 262 g/mol. The van der Waals surface area contributed by atoms with Crippen LogP contribution in [0, 0.1) is 0 Å². The number of carbonyl (C=O) groups excluding carboxylic acids is 1. The number of nitrogens with one attached hydrogen (secondary N) is 1. The van der Waals surface area contributed by atoms with Gasteiger partial charge in [0.15, 0.2) is 0 Å². The predicted octanol–water partition coefficient (Wildman–Crippen LogP) is 0.603. The summed E-state index contributed by atoms with van der Waals surface area (Å²) in [7, 11) is 0. The number of H-pyrrole nitrogens is 1. The highest BCUT2D eigenvalue weighted by atomic mass is 16.5. The first-order valence-electron chi connectivity index (χ1n) is 6.81. The first-order chi connectivity index (χ1) is 9.65. The molecule has 2 fully saturated rings. The van der Waals surface area contributed by atoms with Crippen LogP contribution in [0.1, 0.15) is 41.4 Å². The number of ether oxygens (including phenoxy) is 1. The number of rotatable bonds is 4. The summed E-state index contributed by atoms with van der Waals surface area (Å²) >= 11 is 0. The normalized spacial score (nSPS) is 22.8. The molecule has 1 aliphatic carbocycles. The number of carboxylic acids is 1. The van der Waals surface area contributed by atoms with E-state index in [-0.39, 0.29) is 18.9 Å². The number of carboxylic acid groups (broad SMARTS) is 1. The number of hydrogen-bond donors (Lipinski definition) is 2. The lowest BCUT2D eigenvalue weighted by Gasteiger charge is -2.34. The lowest BCUT2D eigenvalue weighted by Crippen LogP contribution is -2.49. The van der Waals surface area contributed by atoms with Crippen LogP contribution in [0.25, 0.3) is 0 Å². The molecule has 1 atom stereocenters. The van der Waals surface area contributed by atoms with Gasteiger partial charge in [-0.15, -0.1) is 0 Å². The van der Waals surface area contributed by atoms with E-state index in [9.17, 15) is 9.59 Å². The lowest BCUT2D eigenvalue weighted by molar-refractivity contribution is -0.139. The molecule has 7 heteroatoms. The Morgan fingerprint density at radius 1 is 1.50 bits per heavy atom. The molecule has 0 bridgehead atoms. The first kappa shape index (κ1) is 13.1. The molecule has 108 valence electrons. The maximum atomic E-state index is 12.4. The zero-order valence-electron chi connectivity index (χ0n) is 11.0. The highest BCUT2D eigenvalue weighted by Gasteiger charge is 2.32. The van der Waals surface area contributed by atoms with Gasteiger partial charge in [0.2, 0.25) is 0 Å². The summed E-state index contributed by atoms with van der Waals surface area (Å²) in [6, 6.07) is 1.36. The molecule has 2 N–H and O–H groups in total. The fourth-order valence-corrected chi connectivity index (χ4v) is 2.49. The van der Waals surface area contributed by atoms with Crippen molar-refractivity contribution in [2.45, 2.75) is 31.2 Å². The van der Waals surface area contributed by atoms with Crippen LogP contribution >= 0.6 is 0 Å². The number of morpholine rings is 1. The summed E-state index contributed by atoms with van der Waals surface area (Å²) < 4.78 is 5.27. The third-order valence-electron chi connectivity index (χ3n) is 3.73. The van der Waals surface area contributed by atoms with Gasteiger partial charge in [0, 0.05) is 18.2 Å². The molecule has 1 saturated heterocycles. The first-order valence-corrected chi connectivity index (χ1v) is 6.81. The molecule has 1 aromatic heterocycles. The van der Waals surface area contributed by atoms with Crippen LogP contribution in [0.2, 0.25) is 0 Å². The Morgan fingerprint density at radius 3 is 3.00 bits per heavy atom. The van der Waals surface area contributed by atoms with E-state index in [0.29, 0.717) is 24.8 Å². The van der Waals surface area contributed by atoms with E-state index in [1.165, 1.54) is 0 Å². The summed E-state index contributed by atoms with van der Waals surface area (Å²) in [5.41, 5.74) is 1.36. The van der Waals surface area contributed by atoms with Crippen LogP contribution in [-0.2, 0) is 9.53 Å². The number of aromatic nitrogens is 2. The summed E-state index contributed by atoms with van der Waals surface area (Å²) in [6.07, 6.45) is 2.16. The Balaban J connectivity index is 1.73. The standard InChI is InChI=1S/C13H17N3O4/c17-12(18)5-9-7-20-4-3-16(9)13(19)11-6-10(14-15-11)8-1-2-8/h6,8-9H,1-5,7H2,(H,14,15)(H,17,18)/t9-/m1/s1. The van der Waals surface area contributed by atoms with Gasteiger partial charge in [-0.2, -0.15) is 5.10 Å². The van der Waals surface area contributed by atoms with E-state index in [1.807, 2.05) is 0 Å². The van der Waals surface area contributed by atoms with Gasteiger partial charge < -0.3 is 14.7 Å². The van der Waals surface area contributed by atoms with Crippen molar-refractivity contribution in [3.8, 4) is 0 Å². The smallest absolute Gasteiger partial charge is 0.305 e. The highest BCUT2D eigenvalue weighted by molar-refractivity contribution is 5.93. The van der Waals surface area contributed by atoms with E-state index in [4.69, 9.17) is 9.84 Å². The second-order valence-electron chi connectivity index (χ2n) is 5.31. The zero-order valence-corrected chi connectivity index (χ0v) is 11.0. The van der Waals surface area contributed by atoms with E-state index in [1.54, 1.807) is 11.0 Å². The van der Waals surface area contributed by atoms with Gasteiger partial charge in [-0.1, -0.05) is 0 Å².